The molecule has 27 heavy (non-hydrogen) atoms. The number of imidazole rings is 1. The van der Waals surface area contributed by atoms with Crippen LogP contribution in [0.25, 0.3) is 11.0 Å². The molecular formula is C22H20BrN3S. The summed E-state index contributed by atoms with van der Waals surface area (Å²) in [6, 6.07) is 27.1. The van der Waals surface area contributed by atoms with Gasteiger partial charge in [0.2, 0.25) is 5.62 Å². The van der Waals surface area contributed by atoms with Crippen molar-refractivity contribution in [3.8, 4) is 0 Å². The van der Waals surface area contributed by atoms with Crippen LogP contribution in [-0.2, 0) is 13.1 Å². The highest BCUT2D eigenvalue weighted by Crippen LogP contribution is 2.19. The van der Waals surface area contributed by atoms with Crippen molar-refractivity contribution >= 4 is 38.7 Å². The summed E-state index contributed by atoms with van der Waals surface area (Å²) in [5, 5.41) is 8.76. The molecule has 1 aromatic heterocycles. The summed E-state index contributed by atoms with van der Waals surface area (Å²) in [7, 11) is 0. The smallest absolute Gasteiger partial charge is 0.203 e. The van der Waals surface area contributed by atoms with Crippen molar-refractivity contribution in [2.75, 3.05) is 5.75 Å². The third-order valence-corrected chi connectivity index (χ3v) is 6.08. The number of fused-ring (bicyclic) bond motifs is 1. The van der Waals surface area contributed by atoms with Gasteiger partial charge in [-0.2, -0.15) is 0 Å². The number of rotatable bonds is 6. The highest BCUT2D eigenvalue weighted by Gasteiger charge is 2.11. The van der Waals surface area contributed by atoms with Gasteiger partial charge in [0.15, 0.2) is 0 Å². The lowest BCUT2D eigenvalue weighted by Crippen LogP contribution is -2.25. The molecule has 4 aromatic rings. The molecule has 3 nitrogen and oxygen atoms in total. The van der Waals surface area contributed by atoms with Crippen LogP contribution in [0.1, 0.15) is 5.56 Å². The second kappa shape index (κ2) is 8.19. The average molecular weight is 438 g/mol. The van der Waals surface area contributed by atoms with E-state index in [1.165, 1.54) is 10.5 Å². The van der Waals surface area contributed by atoms with Crippen LogP contribution < -0.4 is 5.62 Å². The van der Waals surface area contributed by atoms with E-state index in [1.54, 1.807) is 0 Å². The third kappa shape index (κ3) is 4.04. The quantitative estimate of drug-likeness (QED) is 0.395. The van der Waals surface area contributed by atoms with Crippen LogP contribution in [0.3, 0.4) is 0 Å². The lowest BCUT2D eigenvalue weighted by molar-refractivity contribution is 0.653. The number of nitrogens with one attached hydrogen (secondary N) is 1. The van der Waals surface area contributed by atoms with Gasteiger partial charge in [-0.3, -0.25) is 5.41 Å². The van der Waals surface area contributed by atoms with Gasteiger partial charge in [0, 0.05) is 21.7 Å². The molecule has 0 radical (unpaired) electrons. The monoisotopic (exact) mass is 437 g/mol. The Morgan fingerprint density at radius 1 is 0.778 bits per heavy atom. The number of hydrogen-bond donors (Lipinski definition) is 1. The van der Waals surface area contributed by atoms with E-state index in [4.69, 9.17) is 5.41 Å². The fourth-order valence-corrected chi connectivity index (χ4v) is 4.35. The standard InChI is InChI=1S/C22H20BrN3S/c23-18-12-10-17(11-13-18)16-26-21-9-5-4-8-20(21)25(22(26)24)14-15-27-19-6-2-1-3-7-19/h1-13,24H,14-16H2. The number of hydrogen-bond acceptors (Lipinski definition) is 2. The first-order chi connectivity index (χ1) is 13.2. The van der Waals surface area contributed by atoms with E-state index in [1.807, 2.05) is 30.0 Å². The van der Waals surface area contributed by atoms with Crippen molar-refractivity contribution in [2.45, 2.75) is 18.0 Å². The molecule has 0 atom stereocenters. The maximum Gasteiger partial charge on any atom is 0.203 e. The summed E-state index contributed by atoms with van der Waals surface area (Å²) < 4.78 is 5.28. The summed E-state index contributed by atoms with van der Waals surface area (Å²) in [5.41, 5.74) is 3.97. The number of aromatic nitrogens is 2. The fraction of sp³-hybridized carbons (Fsp3) is 0.136. The Labute approximate surface area is 171 Å². The summed E-state index contributed by atoms with van der Waals surface area (Å²) in [5.74, 6) is 0.937. The maximum atomic E-state index is 8.76. The molecule has 136 valence electrons. The van der Waals surface area contributed by atoms with Crippen molar-refractivity contribution in [2.24, 2.45) is 0 Å². The second-order valence-corrected chi connectivity index (χ2v) is 8.42. The number of aryl methyl sites for hydroxylation is 1. The lowest BCUT2D eigenvalue weighted by atomic mass is 10.2. The normalized spacial score (nSPS) is 11.1. The molecule has 0 bridgehead atoms. The van der Waals surface area contributed by atoms with Gasteiger partial charge in [0.05, 0.1) is 17.6 Å². The van der Waals surface area contributed by atoms with Gasteiger partial charge in [-0.1, -0.05) is 58.4 Å². The van der Waals surface area contributed by atoms with Crippen LogP contribution in [-0.4, -0.2) is 14.9 Å². The summed E-state index contributed by atoms with van der Waals surface area (Å²) in [6.45, 7) is 1.51. The van der Waals surface area contributed by atoms with E-state index in [9.17, 15) is 0 Å². The summed E-state index contributed by atoms with van der Waals surface area (Å²) in [4.78, 5) is 1.27. The molecule has 0 saturated heterocycles. The minimum absolute atomic E-state index is 0.549. The van der Waals surface area contributed by atoms with E-state index in [0.29, 0.717) is 12.2 Å². The number of thioether (sulfide) groups is 1. The first kappa shape index (κ1) is 18.1. The van der Waals surface area contributed by atoms with E-state index in [0.717, 1.165) is 27.8 Å². The fourth-order valence-electron chi connectivity index (χ4n) is 3.22. The van der Waals surface area contributed by atoms with Crippen LogP contribution in [0.15, 0.2) is 88.2 Å². The molecule has 0 unspecified atom stereocenters. The van der Waals surface area contributed by atoms with E-state index >= 15 is 0 Å². The molecule has 4 rings (SSSR count). The molecule has 0 aliphatic rings. The van der Waals surface area contributed by atoms with Crippen molar-refractivity contribution in [1.82, 2.24) is 9.13 Å². The number of halogens is 1. The van der Waals surface area contributed by atoms with Crippen molar-refractivity contribution < 1.29 is 0 Å². The zero-order valence-corrected chi connectivity index (χ0v) is 17.2. The zero-order chi connectivity index (χ0) is 18.6. The number of para-hydroxylation sites is 2. The Morgan fingerprint density at radius 2 is 1.41 bits per heavy atom. The Hall–Kier alpha value is -2.24. The van der Waals surface area contributed by atoms with Gasteiger partial charge in [-0.05, 0) is 42.0 Å². The summed E-state index contributed by atoms with van der Waals surface area (Å²) >= 11 is 5.32. The van der Waals surface area contributed by atoms with Gasteiger partial charge in [-0.15, -0.1) is 11.8 Å². The van der Waals surface area contributed by atoms with E-state index in [2.05, 4.69) is 85.7 Å². The molecule has 0 aliphatic carbocycles. The van der Waals surface area contributed by atoms with Crippen molar-refractivity contribution in [3.63, 3.8) is 0 Å². The molecule has 0 aliphatic heterocycles. The predicted octanol–water partition coefficient (Wildman–Crippen LogP) is 5.53. The average Bonchev–Trinajstić information content (AvgIpc) is 2.96. The lowest BCUT2D eigenvalue weighted by Gasteiger charge is -2.06. The first-order valence-electron chi connectivity index (χ1n) is 8.87. The van der Waals surface area contributed by atoms with E-state index < -0.39 is 0 Å². The minimum atomic E-state index is 0.549. The number of nitrogens with zero attached hydrogens (tertiary/aromatic N) is 2. The van der Waals surface area contributed by atoms with Gasteiger partial charge in [-0.25, -0.2) is 0 Å². The van der Waals surface area contributed by atoms with Gasteiger partial charge >= 0.3 is 0 Å². The van der Waals surface area contributed by atoms with Crippen LogP contribution in [0.4, 0.5) is 0 Å². The molecule has 0 fully saturated rings. The molecule has 1 N–H and O–H groups in total. The Morgan fingerprint density at radius 3 is 2.11 bits per heavy atom. The topological polar surface area (TPSA) is 33.7 Å². The molecule has 5 heteroatoms. The van der Waals surface area contributed by atoms with E-state index in [-0.39, 0.29) is 0 Å². The minimum Gasteiger partial charge on any atom is -0.310 e. The van der Waals surface area contributed by atoms with Crippen molar-refractivity contribution in [3.05, 3.63) is 94.5 Å². The Bertz CT molecular complexity index is 1100. The zero-order valence-electron chi connectivity index (χ0n) is 14.8. The molecule has 0 saturated carbocycles. The Balaban J connectivity index is 1.62. The molecule has 0 spiro atoms. The van der Waals surface area contributed by atoms with Crippen LogP contribution >= 0.6 is 27.7 Å². The van der Waals surface area contributed by atoms with Crippen LogP contribution in [0, 0.1) is 5.41 Å². The van der Waals surface area contributed by atoms with Gasteiger partial charge in [0.25, 0.3) is 0 Å². The maximum absolute atomic E-state index is 8.76. The largest absolute Gasteiger partial charge is 0.310 e. The molecule has 1 heterocycles. The van der Waals surface area contributed by atoms with Gasteiger partial charge in [0.1, 0.15) is 0 Å². The highest BCUT2D eigenvalue weighted by molar-refractivity contribution is 9.10. The third-order valence-electron chi connectivity index (χ3n) is 4.56. The molecular weight excluding hydrogens is 418 g/mol. The Kier molecular flexibility index (Phi) is 5.50. The number of benzene rings is 3. The highest BCUT2D eigenvalue weighted by atomic mass is 79.9. The van der Waals surface area contributed by atoms with Gasteiger partial charge < -0.3 is 9.13 Å². The van der Waals surface area contributed by atoms with Crippen LogP contribution in [0.2, 0.25) is 0 Å². The SMILES string of the molecule is N=c1n(CCSc2ccccc2)c2ccccc2n1Cc1ccc(Br)cc1. The van der Waals surface area contributed by atoms with Crippen LogP contribution in [0.5, 0.6) is 0 Å². The predicted molar refractivity (Wildman–Crippen MR) is 116 cm³/mol. The molecule has 0 amide bonds. The van der Waals surface area contributed by atoms with Crippen molar-refractivity contribution in [1.29, 1.82) is 5.41 Å². The first-order valence-corrected chi connectivity index (χ1v) is 10.7. The molecule has 3 aromatic carbocycles. The summed E-state index contributed by atoms with van der Waals surface area (Å²) in [6.07, 6.45) is 0. The second-order valence-electron chi connectivity index (χ2n) is 6.34.